The van der Waals surface area contributed by atoms with E-state index >= 15 is 9.13 Å². The third-order valence-electron chi connectivity index (χ3n) is 10.1. The van der Waals surface area contributed by atoms with Crippen molar-refractivity contribution in [3.63, 3.8) is 0 Å². The van der Waals surface area contributed by atoms with Crippen molar-refractivity contribution in [3.8, 4) is 0 Å². The quantitative estimate of drug-likeness (QED) is 0.183. The van der Waals surface area contributed by atoms with E-state index in [1.54, 1.807) is 12.1 Å². The highest BCUT2D eigenvalue weighted by Crippen LogP contribution is 2.73. The summed E-state index contributed by atoms with van der Waals surface area (Å²) in [5, 5.41) is 7.66. The van der Waals surface area contributed by atoms with Crippen molar-refractivity contribution in [2.45, 2.75) is 23.8 Å². The second-order valence-electron chi connectivity index (χ2n) is 12.3. The molecule has 0 saturated heterocycles. The molecule has 0 radical (unpaired) electrons. The lowest BCUT2D eigenvalue weighted by atomic mass is 9.80. The molecule has 0 aromatic heterocycles. The third-order valence-corrected chi connectivity index (χ3v) is 17.7. The van der Waals surface area contributed by atoms with E-state index in [9.17, 15) is 4.39 Å². The largest absolute Gasteiger partial charge is 0.391 e. The normalized spacial score (nSPS) is 25.4. The van der Waals surface area contributed by atoms with Gasteiger partial charge in [-0.25, -0.2) is 4.39 Å². The minimum atomic E-state index is -3.43. The zero-order chi connectivity index (χ0) is 30.6. The standard InChI is InChI=1S/C38H32FNO3P2/c39-27-23-21-26(22-24-27)35-34-32-25-33(36(34)43-40-35)38(45(42,30-17-9-3-10-18-30)31-19-11-4-12-20-31)37(32)44(41,28-13-5-1-6-14-28)29-15-7-2-8-16-29/h1-24,32-34,36-38H,25H2/t32-,33-,34+,36+,37-,38+/m0/s1. The Morgan fingerprint density at radius 2 is 0.956 bits per heavy atom. The van der Waals surface area contributed by atoms with Gasteiger partial charge in [-0.2, -0.15) is 0 Å². The van der Waals surface area contributed by atoms with Gasteiger partial charge in [-0.05, 0) is 30.0 Å². The van der Waals surface area contributed by atoms with Crippen LogP contribution in [0.2, 0.25) is 0 Å². The fourth-order valence-corrected chi connectivity index (χ4v) is 16.9. The smallest absolute Gasteiger partial charge is 0.147 e. The van der Waals surface area contributed by atoms with Gasteiger partial charge in [0.15, 0.2) is 0 Å². The number of rotatable bonds is 7. The van der Waals surface area contributed by atoms with Crippen molar-refractivity contribution >= 4 is 41.2 Å². The van der Waals surface area contributed by atoms with Crippen molar-refractivity contribution in [3.05, 3.63) is 157 Å². The number of fused-ring (bicyclic) bond motifs is 5. The van der Waals surface area contributed by atoms with E-state index in [-0.39, 0.29) is 29.7 Å². The van der Waals surface area contributed by atoms with E-state index in [1.165, 1.54) is 12.1 Å². The van der Waals surface area contributed by atoms with Gasteiger partial charge in [0.25, 0.3) is 0 Å². The summed E-state index contributed by atoms with van der Waals surface area (Å²) in [5.74, 6) is -0.741. The molecule has 2 bridgehead atoms. The molecule has 0 spiro atoms. The minimum absolute atomic E-state index is 0.122. The van der Waals surface area contributed by atoms with E-state index < -0.39 is 25.6 Å². The molecule has 4 nitrogen and oxygen atoms in total. The summed E-state index contributed by atoms with van der Waals surface area (Å²) in [4.78, 5) is 6.26. The zero-order valence-corrected chi connectivity index (χ0v) is 26.3. The first-order valence-electron chi connectivity index (χ1n) is 15.4. The van der Waals surface area contributed by atoms with Crippen LogP contribution in [-0.4, -0.2) is 23.1 Å². The monoisotopic (exact) mass is 631 g/mol. The van der Waals surface area contributed by atoms with Crippen LogP contribution >= 0.6 is 14.3 Å². The molecule has 5 aromatic rings. The summed E-state index contributed by atoms with van der Waals surface area (Å²) in [5.41, 5.74) is 0.655. The number of halogens is 1. The fourth-order valence-electron chi connectivity index (χ4n) is 8.40. The Labute approximate surface area is 262 Å². The van der Waals surface area contributed by atoms with Gasteiger partial charge in [0.2, 0.25) is 0 Å². The van der Waals surface area contributed by atoms with Gasteiger partial charge in [0.05, 0.1) is 5.71 Å². The Hall–Kier alpha value is -4.04. The molecule has 1 aliphatic heterocycles. The Balaban J connectivity index is 1.38. The van der Waals surface area contributed by atoms with E-state index in [1.807, 2.05) is 121 Å². The van der Waals surface area contributed by atoms with Crippen molar-refractivity contribution in [2.24, 2.45) is 22.9 Å². The zero-order valence-electron chi connectivity index (χ0n) is 24.5. The van der Waals surface area contributed by atoms with Crippen LogP contribution in [0.3, 0.4) is 0 Å². The Morgan fingerprint density at radius 3 is 1.38 bits per heavy atom. The predicted molar refractivity (Wildman–Crippen MR) is 180 cm³/mol. The molecule has 2 fully saturated rings. The summed E-state index contributed by atoms with van der Waals surface area (Å²) < 4.78 is 46.6. The maximum Gasteiger partial charge on any atom is 0.147 e. The fraction of sp³-hybridized carbons (Fsp3) is 0.184. The highest BCUT2D eigenvalue weighted by molar-refractivity contribution is 7.83. The van der Waals surface area contributed by atoms with Crippen LogP contribution in [0.5, 0.6) is 0 Å². The third kappa shape index (κ3) is 4.36. The Bertz CT molecular complexity index is 1870. The summed E-state index contributed by atoms with van der Waals surface area (Å²) in [6.45, 7) is 0. The molecule has 2 aliphatic carbocycles. The molecule has 1 heterocycles. The van der Waals surface area contributed by atoms with Gasteiger partial charge in [0, 0.05) is 44.4 Å². The lowest BCUT2D eigenvalue weighted by molar-refractivity contribution is 0.0293. The van der Waals surface area contributed by atoms with Crippen molar-refractivity contribution in [1.29, 1.82) is 0 Å². The number of hydrogen-bond acceptors (Lipinski definition) is 4. The van der Waals surface area contributed by atoms with E-state index in [0.717, 1.165) is 38.9 Å². The number of nitrogens with zero attached hydrogens (tertiary/aromatic N) is 1. The first-order valence-corrected chi connectivity index (χ1v) is 19.0. The van der Waals surface area contributed by atoms with Gasteiger partial charge >= 0.3 is 0 Å². The van der Waals surface area contributed by atoms with Gasteiger partial charge in [0.1, 0.15) is 26.2 Å². The molecule has 0 amide bonds. The summed E-state index contributed by atoms with van der Waals surface area (Å²) >= 11 is 0. The van der Waals surface area contributed by atoms with Crippen molar-refractivity contribution in [1.82, 2.24) is 0 Å². The summed E-state index contributed by atoms with van der Waals surface area (Å²) in [7, 11) is -6.83. The molecule has 3 aliphatic rings. The first kappa shape index (κ1) is 28.4. The molecule has 0 unspecified atom stereocenters. The van der Waals surface area contributed by atoms with Gasteiger partial charge in [-0.3, -0.25) is 0 Å². The molecule has 6 atom stereocenters. The van der Waals surface area contributed by atoms with Crippen LogP contribution in [0.25, 0.3) is 0 Å². The van der Waals surface area contributed by atoms with Crippen molar-refractivity contribution in [2.75, 3.05) is 0 Å². The van der Waals surface area contributed by atoms with Crippen molar-refractivity contribution < 1.29 is 18.4 Å². The molecule has 224 valence electrons. The highest BCUT2D eigenvalue weighted by atomic mass is 31.2. The molecule has 0 N–H and O–H groups in total. The first-order chi connectivity index (χ1) is 22.0. The topological polar surface area (TPSA) is 55.7 Å². The lowest BCUT2D eigenvalue weighted by Gasteiger charge is -2.44. The second-order valence-corrected chi connectivity index (χ2v) is 18.2. The minimum Gasteiger partial charge on any atom is -0.391 e. The highest BCUT2D eigenvalue weighted by Gasteiger charge is 2.70. The molecular formula is C38H32FNO3P2. The lowest BCUT2D eigenvalue weighted by Crippen LogP contribution is -2.50. The molecule has 2 saturated carbocycles. The van der Waals surface area contributed by atoms with Gasteiger partial charge in [-0.1, -0.05) is 139 Å². The number of benzene rings is 5. The van der Waals surface area contributed by atoms with Crippen LogP contribution in [0, 0.1) is 23.6 Å². The maximum atomic E-state index is 16.4. The molecular weight excluding hydrogens is 599 g/mol. The Kier molecular flexibility index (Phi) is 7.01. The van der Waals surface area contributed by atoms with E-state index in [4.69, 9.17) is 4.84 Å². The van der Waals surface area contributed by atoms with Gasteiger partial charge < -0.3 is 14.0 Å². The average Bonchev–Trinajstić information content (AvgIpc) is 3.82. The van der Waals surface area contributed by atoms with Crippen LogP contribution < -0.4 is 21.2 Å². The van der Waals surface area contributed by atoms with Crippen LogP contribution in [0.4, 0.5) is 4.39 Å². The number of hydrogen-bond donors (Lipinski definition) is 0. The SMILES string of the molecule is O=P(c1ccccc1)(c1ccccc1)[C@@H]1[C@H]2C[C@@H]([C@@H]3C(c4ccc(F)cc4)=NO[C@H]23)[C@@H]1P(=O)(c1ccccc1)c1ccccc1. The van der Waals surface area contributed by atoms with E-state index in [2.05, 4.69) is 5.16 Å². The van der Waals surface area contributed by atoms with Crippen LogP contribution in [-0.2, 0) is 14.0 Å². The molecule has 7 heteroatoms. The van der Waals surface area contributed by atoms with Crippen LogP contribution in [0.1, 0.15) is 12.0 Å². The Morgan fingerprint density at radius 1 is 0.556 bits per heavy atom. The predicted octanol–water partition coefficient (Wildman–Crippen LogP) is 6.96. The molecule has 5 aromatic carbocycles. The van der Waals surface area contributed by atoms with Gasteiger partial charge in [-0.15, -0.1) is 0 Å². The molecule has 8 rings (SSSR count). The number of oxime groups is 1. The maximum absolute atomic E-state index is 16.4. The van der Waals surface area contributed by atoms with E-state index in [0.29, 0.717) is 0 Å². The summed E-state index contributed by atoms with van der Waals surface area (Å²) in [6.07, 6.45) is 0.412. The molecule has 45 heavy (non-hydrogen) atoms. The average molecular weight is 632 g/mol. The van der Waals surface area contributed by atoms with Crippen LogP contribution in [0.15, 0.2) is 151 Å². The second kappa shape index (κ2) is 11.1. The summed E-state index contributed by atoms with van der Waals surface area (Å²) in [6, 6.07) is 45.3.